The highest BCUT2D eigenvalue weighted by Gasteiger charge is 2.23. The number of anilines is 2. The Morgan fingerprint density at radius 2 is 1.97 bits per heavy atom. The summed E-state index contributed by atoms with van der Waals surface area (Å²) in [5.41, 5.74) is 4.44. The number of nitrogens with zero attached hydrogens (tertiary/aromatic N) is 3. The molecule has 1 aliphatic rings. The number of likely N-dealkylation sites (N-methyl/N-ethyl adjacent to an activating group) is 1. The normalized spacial score (nSPS) is 16.5. The van der Waals surface area contributed by atoms with Crippen LogP contribution in [-0.2, 0) is 11.3 Å². The molecule has 0 bridgehead atoms. The Kier molecular flexibility index (Phi) is 7.89. The lowest BCUT2D eigenvalue weighted by Crippen LogP contribution is -2.44. The maximum absolute atomic E-state index is 12.0. The first kappa shape index (κ1) is 22.6. The molecule has 1 unspecified atom stereocenters. The minimum absolute atomic E-state index is 0.0213. The summed E-state index contributed by atoms with van der Waals surface area (Å²) >= 11 is 0. The quantitative estimate of drug-likeness (QED) is 0.472. The lowest BCUT2D eigenvalue weighted by molar-refractivity contribution is -0.116. The molecule has 0 aliphatic carbocycles. The summed E-state index contributed by atoms with van der Waals surface area (Å²) in [6.07, 6.45) is 1.07. The maximum atomic E-state index is 12.0. The van der Waals surface area contributed by atoms with Crippen molar-refractivity contribution in [2.75, 3.05) is 51.0 Å². The lowest BCUT2D eigenvalue weighted by atomic mass is 10.2. The summed E-state index contributed by atoms with van der Waals surface area (Å²) in [7, 11) is 5.55. The van der Waals surface area contributed by atoms with Crippen molar-refractivity contribution in [3.8, 4) is 0 Å². The van der Waals surface area contributed by atoms with Gasteiger partial charge in [-0.2, -0.15) is 0 Å². The lowest BCUT2D eigenvalue weighted by Gasteiger charge is -2.20. The minimum Gasteiger partial charge on any atom is -0.369 e. The molecular formula is C24H34N6O. The number of amides is 1. The predicted molar refractivity (Wildman–Crippen MR) is 129 cm³/mol. The van der Waals surface area contributed by atoms with Gasteiger partial charge in [-0.25, -0.2) is 0 Å². The van der Waals surface area contributed by atoms with E-state index in [1.807, 2.05) is 43.3 Å². The molecule has 1 atom stereocenters. The van der Waals surface area contributed by atoms with Gasteiger partial charge in [0.1, 0.15) is 0 Å². The van der Waals surface area contributed by atoms with Crippen molar-refractivity contribution in [3.05, 3.63) is 59.7 Å². The fourth-order valence-corrected chi connectivity index (χ4v) is 3.69. The van der Waals surface area contributed by atoms with Crippen LogP contribution < -0.4 is 20.9 Å². The van der Waals surface area contributed by atoms with Crippen molar-refractivity contribution in [3.63, 3.8) is 0 Å². The Labute approximate surface area is 185 Å². The number of benzene rings is 2. The first-order chi connectivity index (χ1) is 14.9. The SMILES string of the molecule is CN=C(NCc1cccc(NC(=O)CN(C)C)c1)NC1CCN(c2ccc(C)cc2)C1. The van der Waals surface area contributed by atoms with Crippen LogP contribution >= 0.6 is 0 Å². The van der Waals surface area contributed by atoms with E-state index < -0.39 is 0 Å². The number of hydrogen-bond acceptors (Lipinski definition) is 4. The van der Waals surface area contributed by atoms with E-state index in [1.54, 1.807) is 7.05 Å². The summed E-state index contributed by atoms with van der Waals surface area (Å²) in [6, 6.07) is 16.9. The van der Waals surface area contributed by atoms with Crippen LogP contribution in [0.15, 0.2) is 53.5 Å². The molecule has 2 aromatic carbocycles. The van der Waals surface area contributed by atoms with E-state index in [2.05, 4.69) is 57.0 Å². The molecule has 1 amide bonds. The molecule has 1 fully saturated rings. The number of carbonyl (C=O) groups excluding carboxylic acids is 1. The van der Waals surface area contributed by atoms with Gasteiger partial charge in [-0.3, -0.25) is 9.79 Å². The average Bonchev–Trinajstić information content (AvgIpc) is 3.19. The van der Waals surface area contributed by atoms with E-state index >= 15 is 0 Å². The Balaban J connectivity index is 1.49. The van der Waals surface area contributed by atoms with Gasteiger partial charge >= 0.3 is 0 Å². The van der Waals surface area contributed by atoms with Crippen LogP contribution in [0.1, 0.15) is 17.5 Å². The van der Waals surface area contributed by atoms with Crippen LogP contribution in [0, 0.1) is 6.92 Å². The van der Waals surface area contributed by atoms with E-state index in [-0.39, 0.29) is 5.91 Å². The molecule has 3 rings (SSSR count). The van der Waals surface area contributed by atoms with Gasteiger partial charge in [0, 0.05) is 44.1 Å². The Bertz CT molecular complexity index is 893. The molecule has 0 saturated carbocycles. The zero-order valence-electron chi connectivity index (χ0n) is 19.0. The fourth-order valence-electron chi connectivity index (χ4n) is 3.69. The van der Waals surface area contributed by atoms with Crippen molar-refractivity contribution in [2.45, 2.75) is 25.9 Å². The zero-order chi connectivity index (χ0) is 22.2. The molecule has 0 spiro atoms. The van der Waals surface area contributed by atoms with Crippen molar-refractivity contribution in [1.29, 1.82) is 0 Å². The number of aliphatic imine (C=N–C) groups is 1. The van der Waals surface area contributed by atoms with Gasteiger partial charge in [0.15, 0.2) is 5.96 Å². The van der Waals surface area contributed by atoms with Gasteiger partial charge in [0.25, 0.3) is 0 Å². The van der Waals surface area contributed by atoms with Gasteiger partial charge < -0.3 is 25.8 Å². The monoisotopic (exact) mass is 422 g/mol. The van der Waals surface area contributed by atoms with Gasteiger partial charge in [0.2, 0.25) is 5.91 Å². The van der Waals surface area contributed by atoms with Crippen molar-refractivity contribution >= 4 is 23.2 Å². The number of rotatable bonds is 7. The van der Waals surface area contributed by atoms with Crippen molar-refractivity contribution in [1.82, 2.24) is 15.5 Å². The molecule has 1 saturated heterocycles. The topological polar surface area (TPSA) is 72.0 Å². The first-order valence-corrected chi connectivity index (χ1v) is 10.8. The van der Waals surface area contributed by atoms with E-state index in [9.17, 15) is 4.79 Å². The van der Waals surface area contributed by atoms with Crippen LogP contribution in [0.4, 0.5) is 11.4 Å². The molecule has 1 heterocycles. The average molecular weight is 423 g/mol. The van der Waals surface area contributed by atoms with Crippen LogP contribution in [0.2, 0.25) is 0 Å². The molecule has 7 heteroatoms. The number of aryl methyl sites for hydroxylation is 1. The van der Waals surface area contributed by atoms with Gasteiger partial charge in [0.05, 0.1) is 6.54 Å². The van der Waals surface area contributed by atoms with Crippen molar-refractivity contribution in [2.24, 2.45) is 4.99 Å². The number of nitrogens with one attached hydrogen (secondary N) is 3. The molecule has 3 N–H and O–H groups in total. The number of guanidine groups is 1. The molecule has 2 aromatic rings. The van der Waals surface area contributed by atoms with Gasteiger partial charge in [-0.15, -0.1) is 0 Å². The summed E-state index contributed by atoms with van der Waals surface area (Å²) in [5.74, 6) is 0.768. The Hall–Kier alpha value is -3.06. The molecule has 1 aliphatic heterocycles. The standard InChI is InChI=1S/C24H34N6O/c1-18-8-10-22(11-9-18)30-13-12-21(16-30)28-24(25-2)26-15-19-6-5-7-20(14-19)27-23(31)17-29(3)4/h5-11,14,21H,12-13,15-17H2,1-4H3,(H,27,31)(H2,25,26,28). The summed E-state index contributed by atoms with van der Waals surface area (Å²) < 4.78 is 0. The van der Waals surface area contributed by atoms with Crippen LogP contribution in [-0.4, -0.2) is 63.6 Å². The van der Waals surface area contributed by atoms with Crippen LogP contribution in [0.25, 0.3) is 0 Å². The van der Waals surface area contributed by atoms with Gasteiger partial charge in [-0.05, 0) is 57.3 Å². The largest absolute Gasteiger partial charge is 0.369 e. The van der Waals surface area contributed by atoms with Crippen LogP contribution in [0.5, 0.6) is 0 Å². The summed E-state index contributed by atoms with van der Waals surface area (Å²) in [4.78, 5) is 20.6. The van der Waals surface area contributed by atoms with E-state index in [0.717, 1.165) is 36.7 Å². The second kappa shape index (κ2) is 10.8. The predicted octanol–water partition coefficient (Wildman–Crippen LogP) is 2.44. The highest BCUT2D eigenvalue weighted by Crippen LogP contribution is 2.20. The van der Waals surface area contributed by atoms with E-state index in [4.69, 9.17) is 0 Å². The third kappa shape index (κ3) is 7.00. The van der Waals surface area contributed by atoms with E-state index in [0.29, 0.717) is 19.1 Å². The highest BCUT2D eigenvalue weighted by atomic mass is 16.2. The summed E-state index contributed by atoms with van der Waals surface area (Å²) in [6.45, 7) is 5.09. The second-order valence-electron chi connectivity index (χ2n) is 8.32. The Morgan fingerprint density at radius 1 is 1.19 bits per heavy atom. The van der Waals surface area contributed by atoms with Crippen LogP contribution in [0.3, 0.4) is 0 Å². The number of hydrogen-bond donors (Lipinski definition) is 3. The zero-order valence-corrected chi connectivity index (χ0v) is 19.0. The van der Waals surface area contributed by atoms with E-state index in [1.165, 1.54) is 11.3 Å². The molecule has 0 aromatic heterocycles. The molecular weight excluding hydrogens is 388 g/mol. The third-order valence-corrected chi connectivity index (χ3v) is 5.28. The molecule has 31 heavy (non-hydrogen) atoms. The smallest absolute Gasteiger partial charge is 0.238 e. The molecule has 166 valence electrons. The van der Waals surface area contributed by atoms with Crippen molar-refractivity contribution < 1.29 is 4.79 Å². The fraction of sp³-hybridized carbons (Fsp3) is 0.417. The summed E-state index contributed by atoms with van der Waals surface area (Å²) in [5, 5.41) is 9.86. The Morgan fingerprint density at radius 3 is 2.68 bits per heavy atom. The maximum Gasteiger partial charge on any atom is 0.238 e. The second-order valence-corrected chi connectivity index (χ2v) is 8.32. The van der Waals surface area contributed by atoms with Gasteiger partial charge in [-0.1, -0.05) is 29.8 Å². The molecule has 7 nitrogen and oxygen atoms in total. The first-order valence-electron chi connectivity index (χ1n) is 10.8. The highest BCUT2D eigenvalue weighted by molar-refractivity contribution is 5.92. The minimum atomic E-state index is -0.0213. The third-order valence-electron chi connectivity index (χ3n) is 5.28. The molecule has 0 radical (unpaired) electrons. The number of carbonyl (C=O) groups is 1.